The first kappa shape index (κ1) is 17.9. The predicted octanol–water partition coefficient (Wildman–Crippen LogP) is 2.78. The molecule has 1 aliphatic rings. The third-order valence-electron chi connectivity index (χ3n) is 3.88. The van der Waals surface area contributed by atoms with Crippen LogP contribution in [-0.4, -0.2) is 51.8 Å². The van der Waals surface area contributed by atoms with Crippen LogP contribution in [0.15, 0.2) is 23.2 Å². The summed E-state index contributed by atoms with van der Waals surface area (Å²) in [6, 6.07) is 5.64. The molecule has 0 bridgehead atoms. The fourth-order valence-electron chi connectivity index (χ4n) is 2.27. The summed E-state index contributed by atoms with van der Waals surface area (Å²) in [6.07, 6.45) is 2.64. The van der Waals surface area contributed by atoms with Gasteiger partial charge in [0.2, 0.25) is 0 Å². The van der Waals surface area contributed by atoms with Gasteiger partial charge in [-0.3, -0.25) is 4.99 Å². The van der Waals surface area contributed by atoms with Crippen LogP contribution in [-0.2, 0) is 11.3 Å². The van der Waals surface area contributed by atoms with E-state index in [0.29, 0.717) is 11.6 Å². The number of aliphatic imine (C=N–C) groups is 1. The van der Waals surface area contributed by atoms with Gasteiger partial charge in [-0.1, -0.05) is 17.7 Å². The minimum Gasteiger partial charge on any atom is -0.496 e. The van der Waals surface area contributed by atoms with Crippen LogP contribution in [0.2, 0.25) is 5.02 Å². The number of halogens is 1. The van der Waals surface area contributed by atoms with Gasteiger partial charge in [0, 0.05) is 44.4 Å². The summed E-state index contributed by atoms with van der Waals surface area (Å²) in [4.78, 5) is 6.38. The van der Waals surface area contributed by atoms with E-state index < -0.39 is 0 Å². The molecule has 1 aromatic carbocycles. The quantitative estimate of drug-likeness (QED) is 0.449. The molecule has 0 aliphatic heterocycles. The number of methoxy groups -OCH3 is 1. The molecule has 0 radical (unpaired) electrons. The van der Waals surface area contributed by atoms with Gasteiger partial charge in [0.15, 0.2) is 5.96 Å². The highest BCUT2D eigenvalue weighted by molar-refractivity contribution is 6.30. The van der Waals surface area contributed by atoms with Crippen LogP contribution in [0, 0.1) is 5.92 Å². The molecule has 1 saturated carbocycles. The number of guanidine groups is 1. The molecule has 0 unspecified atom stereocenters. The van der Waals surface area contributed by atoms with Gasteiger partial charge in [-0.2, -0.15) is 0 Å². The van der Waals surface area contributed by atoms with E-state index in [9.17, 15) is 0 Å². The molecule has 23 heavy (non-hydrogen) atoms. The number of nitrogens with one attached hydrogen (secondary N) is 1. The zero-order valence-electron chi connectivity index (χ0n) is 14.1. The van der Waals surface area contributed by atoms with Crippen LogP contribution in [0.1, 0.15) is 18.4 Å². The lowest BCUT2D eigenvalue weighted by molar-refractivity contribution is 0.115. The predicted molar refractivity (Wildman–Crippen MR) is 94.4 cm³/mol. The molecule has 5 nitrogen and oxygen atoms in total. The number of rotatable bonds is 8. The van der Waals surface area contributed by atoms with E-state index in [1.165, 1.54) is 12.8 Å². The highest BCUT2D eigenvalue weighted by Crippen LogP contribution is 2.28. The Balaban J connectivity index is 1.79. The van der Waals surface area contributed by atoms with Crippen molar-refractivity contribution < 1.29 is 9.47 Å². The van der Waals surface area contributed by atoms with Crippen molar-refractivity contribution in [2.75, 3.05) is 41.0 Å². The number of benzene rings is 1. The van der Waals surface area contributed by atoms with Gasteiger partial charge >= 0.3 is 0 Å². The average Bonchev–Trinajstić information content (AvgIpc) is 3.37. The molecule has 1 N–H and O–H groups in total. The number of hydrogen-bond donors (Lipinski definition) is 1. The van der Waals surface area contributed by atoms with E-state index in [2.05, 4.69) is 15.2 Å². The van der Waals surface area contributed by atoms with Crippen LogP contribution in [0.5, 0.6) is 5.75 Å². The topological polar surface area (TPSA) is 46.1 Å². The van der Waals surface area contributed by atoms with Gasteiger partial charge in [0.25, 0.3) is 0 Å². The molecule has 2 rings (SSSR count). The number of ether oxygens (including phenoxy) is 2. The summed E-state index contributed by atoms with van der Waals surface area (Å²) >= 11 is 5.99. The maximum atomic E-state index is 5.99. The molecule has 0 spiro atoms. The summed E-state index contributed by atoms with van der Waals surface area (Å²) in [7, 11) is 5.44. The summed E-state index contributed by atoms with van der Waals surface area (Å²) in [5.41, 5.74) is 1.04. The summed E-state index contributed by atoms with van der Waals surface area (Å²) in [6.45, 7) is 3.05. The molecule has 0 heterocycles. The lowest BCUT2D eigenvalue weighted by atomic mass is 10.2. The van der Waals surface area contributed by atoms with Crippen molar-refractivity contribution in [2.24, 2.45) is 10.9 Å². The number of hydrogen-bond acceptors (Lipinski definition) is 3. The molecule has 128 valence electrons. The van der Waals surface area contributed by atoms with Gasteiger partial charge in [-0.15, -0.1) is 0 Å². The first-order valence-corrected chi connectivity index (χ1v) is 8.33. The minimum absolute atomic E-state index is 0.625. The van der Waals surface area contributed by atoms with Crippen molar-refractivity contribution in [1.29, 1.82) is 0 Å². The summed E-state index contributed by atoms with van der Waals surface area (Å²) in [5, 5.41) is 4.01. The fraction of sp³-hybridized carbons (Fsp3) is 0.588. The van der Waals surface area contributed by atoms with Crippen LogP contribution in [0.4, 0.5) is 0 Å². The van der Waals surface area contributed by atoms with E-state index in [4.69, 9.17) is 21.1 Å². The Kier molecular flexibility index (Phi) is 6.99. The Labute approximate surface area is 143 Å². The molecule has 0 amide bonds. The van der Waals surface area contributed by atoms with Crippen molar-refractivity contribution in [3.63, 3.8) is 0 Å². The number of likely N-dealkylation sites (N-methyl/N-ethyl adjacent to an activating group) is 1. The molecule has 0 aromatic heterocycles. The SMILES string of the molecule is CN=C(NCc1ccc(Cl)cc1OC)N(C)CCOCC1CC1. The van der Waals surface area contributed by atoms with E-state index in [1.807, 2.05) is 25.2 Å². The Morgan fingerprint density at radius 1 is 1.43 bits per heavy atom. The van der Waals surface area contributed by atoms with E-state index >= 15 is 0 Å². The van der Waals surface area contributed by atoms with Gasteiger partial charge < -0.3 is 19.7 Å². The van der Waals surface area contributed by atoms with E-state index in [1.54, 1.807) is 14.2 Å². The lowest BCUT2D eigenvalue weighted by Gasteiger charge is -2.22. The standard InChI is InChI=1S/C17H26ClN3O2/c1-19-17(21(2)8-9-23-12-13-4-5-13)20-11-14-6-7-15(18)10-16(14)22-3/h6-7,10,13H,4-5,8-9,11-12H2,1-3H3,(H,19,20). The summed E-state index contributed by atoms with van der Waals surface area (Å²) < 4.78 is 11.0. The molecule has 0 atom stereocenters. The largest absolute Gasteiger partial charge is 0.496 e. The second kappa shape index (κ2) is 8.99. The zero-order valence-corrected chi connectivity index (χ0v) is 14.9. The third kappa shape index (κ3) is 5.92. The molecule has 0 saturated heterocycles. The van der Waals surface area contributed by atoms with Crippen molar-refractivity contribution in [3.05, 3.63) is 28.8 Å². The molecule has 1 fully saturated rings. The maximum Gasteiger partial charge on any atom is 0.193 e. The lowest BCUT2D eigenvalue weighted by Crippen LogP contribution is -2.40. The van der Waals surface area contributed by atoms with Crippen molar-refractivity contribution in [3.8, 4) is 5.75 Å². The second-order valence-corrected chi connectivity index (χ2v) is 6.23. The maximum absolute atomic E-state index is 5.99. The molecule has 1 aliphatic carbocycles. The van der Waals surface area contributed by atoms with Gasteiger partial charge in [0.05, 0.1) is 13.7 Å². The molecular weight excluding hydrogens is 314 g/mol. The van der Waals surface area contributed by atoms with Crippen molar-refractivity contribution in [1.82, 2.24) is 10.2 Å². The first-order chi connectivity index (χ1) is 11.1. The van der Waals surface area contributed by atoms with Gasteiger partial charge in [-0.05, 0) is 30.9 Å². The molecular formula is C17H26ClN3O2. The van der Waals surface area contributed by atoms with Crippen molar-refractivity contribution >= 4 is 17.6 Å². The Morgan fingerprint density at radius 3 is 2.87 bits per heavy atom. The van der Waals surface area contributed by atoms with E-state index in [-0.39, 0.29) is 0 Å². The fourth-order valence-corrected chi connectivity index (χ4v) is 2.43. The Morgan fingerprint density at radius 2 is 2.22 bits per heavy atom. The second-order valence-electron chi connectivity index (χ2n) is 5.80. The third-order valence-corrected chi connectivity index (χ3v) is 4.12. The minimum atomic E-state index is 0.625. The molecule has 6 heteroatoms. The highest BCUT2D eigenvalue weighted by Gasteiger charge is 2.21. The Bertz CT molecular complexity index is 533. The zero-order chi connectivity index (χ0) is 16.7. The van der Waals surface area contributed by atoms with E-state index in [0.717, 1.165) is 42.9 Å². The molecule has 1 aromatic rings. The van der Waals surface area contributed by atoms with Crippen LogP contribution >= 0.6 is 11.6 Å². The summed E-state index contributed by atoms with van der Waals surface area (Å²) in [5.74, 6) is 2.41. The van der Waals surface area contributed by atoms with Crippen LogP contribution in [0.25, 0.3) is 0 Å². The normalized spacial score (nSPS) is 14.7. The monoisotopic (exact) mass is 339 g/mol. The smallest absolute Gasteiger partial charge is 0.193 e. The van der Waals surface area contributed by atoms with Gasteiger partial charge in [0.1, 0.15) is 5.75 Å². The first-order valence-electron chi connectivity index (χ1n) is 7.96. The average molecular weight is 340 g/mol. The van der Waals surface area contributed by atoms with Gasteiger partial charge in [-0.25, -0.2) is 0 Å². The van der Waals surface area contributed by atoms with Crippen LogP contribution < -0.4 is 10.1 Å². The van der Waals surface area contributed by atoms with Crippen molar-refractivity contribution in [2.45, 2.75) is 19.4 Å². The number of nitrogens with zero attached hydrogens (tertiary/aromatic N) is 2. The van der Waals surface area contributed by atoms with Crippen LogP contribution in [0.3, 0.4) is 0 Å². The highest BCUT2D eigenvalue weighted by atomic mass is 35.5. The Hall–Kier alpha value is -1.46.